The highest BCUT2D eigenvalue weighted by atomic mass is 79.9. The summed E-state index contributed by atoms with van der Waals surface area (Å²) in [5, 5.41) is 10.4. The zero-order valence-electron chi connectivity index (χ0n) is 25.1. The number of anilines is 2. The molecule has 2 amide bonds. The smallest absolute Gasteiger partial charge is 0.311 e. The molecular formula is C32H44BrN3O5S. The van der Waals surface area contributed by atoms with Crippen molar-refractivity contribution in [3.63, 3.8) is 0 Å². The maximum Gasteiger partial charge on any atom is 0.311 e. The molecule has 3 heterocycles. The monoisotopic (exact) mass is 661 g/mol. The molecule has 1 aromatic rings. The molecule has 3 aliphatic heterocycles. The second kappa shape index (κ2) is 13.6. The number of ether oxygens (including phenoxy) is 1. The molecule has 3 unspecified atom stereocenters. The van der Waals surface area contributed by atoms with Crippen LogP contribution in [0.3, 0.4) is 0 Å². The van der Waals surface area contributed by atoms with E-state index in [1.165, 1.54) is 6.08 Å². The number of esters is 1. The summed E-state index contributed by atoms with van der Waals surface area (Å²) in [4.78, 5) is 48.2. The molecule has 230 valence electrons. The van der Waals surface area contributed by atoms with Gasteiger partial charge >= 0.3 is 5.97 Å². The number of aliphatic hydroxyl groups is 1. The molecule has 0 saturated carbocycles. The minimum absolute atomic E-state index is 0.0566. The molecule has 1 aromatic carbocycles. The Balaban J connectivity index is 1.82. The van der Waals surface area contributed by atoms with Gasteiger partial charge < -0.3 is 24.5 Å². The number of halogens is 1. The van der Waals surface area contributed by atoms with E-state index in [1.54, 1.807) is 27.6 Å². The Hall–Kier alpha value is -2.30. The fourth-order valence-electron chi connectivity index (χ4n) is 7.06. The van der Waals surface area contributed by atoms with E-state index in [1.807, 2.05) is 38.1 Å². The van der Waals surface area contributed by atoms with Gasteiger partial charge in [-0.25, -0.2) is 0 Å². The third-order valence-corrected chi connectivity index (χ3v) is 12.5. The predicted molar refractivity (Wildman–Crippen MR) is 173 cm³/mol. The lowest BCUT2D eigenvalue weighted by Crippen LogP contribution is -2.59. The van der Waals surface area contributed by atoms with E-state index in [0.717, 1.165) is 25.2 Å². The van der Waals surface area contributed by atoms with Gasteiger partial charge in [0.2, 0.25) is 5.91 Å². The van der Waals surface area contributed by atoms with E-state index < -0.39 is 34.6 Å². The van der Waals surface area contributed by atoms with Crippen molar-refractivity contribution in [2.24, 2.45) is 17.8 Å². The van der Waals surface area contributed by atoms with Crippen LogP contribution < -0.4 is 9.80 Å². The molecule has 8 nitrogen and oxygen atoms in total. The number of nitrogens with zero attached hydrogens (tertiary/aromatic N) is 3. The summed E-state index contributed by atoms with van der Waals surface area (Å²) in [6, 6.07) is 6.46. The second-order valence-electron chi connectivity index (χ2n) is 11.4. The Kier molecular flexibility index (Phi) is 10.5. The number of hydrogen-bond acceptors (Lipinski definition) is 7. The highest BCUT2D eigenvalue weighted by molar-refractivity contribution is 9.09. The molecule has 3 saturated heterocycles. The Bertz CT molecular complexity index is 1180. The van der Waals surface area contributed by atoms with E-state index in [-0.39, 0.29) is 47.6 Å². The summed E-state index contributed by atoms with van der Waals surface area (Å²) in [6.07, 6.45) is 4.47. The second-order valence-corrected chi connectivity index (χ2v) is 14.1. The number of benzene rings is 1. The first kappa shape index (κ1) is 32.6. The number of hydrogen-bond donors (Lipinski definition) is 1. The summed E-state index contributed by atoms with van der Waals surface area (Å²) in [7, 11) is 0. The molecule has 1 spiro atoms. The Labute approximate surface area is 262 Å². The number of amides is 2. The molecule has 2 bridgehead atoms. The van der Waals surface area contributed by atoms with Gasteiger partial charge in [-0.3, -0.25) is 14.4 Å². The first-order chi connectivity index (χ1) is 20.1. The number of rotatable bonds is 14. The lowest BCUT2D eigenvalue weighted by molar-refractivity contribution is -0.153. The lowest BCUT2D eigenvalue weighted by Gasteiger charge is -2.41. The summed E-state index contributed by atoms with van der Waals surface area (Å²) in [5.41, 5.74) is 1.78. The van der Waals surface area contributed by atoms with Crippen LogP contribution in [0.4, 0.5) is 11.4 Å². The molecule has 4 rings (SSSR count). The zero-order chi connectivity index (χ0) is 30.8. The average Bonchev–Trinajstić information content (AvgIpc) is 3.59. The molecule has 0 aromatic heterocycles. The van der Waals surface area contributed by atoms with Gasteiger partial charge in [-0.2, -0.15) is 0 Å². The number of carbonyl (C=O) groups is 3. The minimum Gasteiger partial charge on any atom is -0.461 e. The number of aliphatic hydroxyl groups excluding tert-OH is 1. The van der Waals surface area contributed by atoms with E-state index in [2.05, 4.69) is 47.8 Å². The zero-order valence-corrected chi connectivity index (χ0v) is 27.5. The van der Waals surface area contributed by atoms with Crippen LogP contribution in [0, 0.1) is 17.8 Å². The number of fused-ring (bicyclic) bond motifs is 1. The molecule has 42 heavy (non-hydrogen) atoms. The Morgan fingerprint density at radius 1 is 1.19 bits per heavy atom. The van der Waals surface area contributed by atoms with E-state index in [0.29, 0.717) is 12.1 Å². The van der Waals surface area contributed by atoms with Crippen molar-refractivity contribution < 1.29 is 24.2 Å². The van der Waals surface area contributed by atoms with Crippen molar-refractivity contribution in [1.29, 1.82) is 0 Å². The number of likely N-dealkylation sites (tertiary alicyclic amines) is 1. The van der Waals surface area contributed by atoms with E-state index in [9.17, 15) is 19.5 Å². The number of thioether (sulfide) groups is 1. The molecular weight excluding hydrogens is 618 g/mol. The first-order valence-corrected chi connectivity index (χ1v) is 16.7. The van der Waals surface area contributed by atoms with Crippen molar-refractivity contribution >= 4 is 56.9 Å². The summed E-state index contributed by atoms with van der Waals surface area (Å²) < 4.78 is 4.66. The molecule has 3 fully saturated rings. The summed E-state index contributed by atoms with van der Waals surface area (Å²) in [5.74, 6) is -2.39. The van der Waals surface area contributed by atoms with Gasteiger partial charge in [-0.05, 0) is 50.5 Å². The number of carbonyl (C=O) groups excluding carboxylic acids is 3. The average molecular weight is 663 g/mol. The van der Waals surface area contributed by atoms with Crippen molar-refractivity contribution in [3.05, 3.63) is 49.6 Å². The van der Waals surface area contributed by atoms with E-state index in [4.69, 9.17) is 4.74 Å². The minimum atomic E-state index is -0.865. The van der Waals surface area contributed by atoms with Gasteiger partial charge in [-0.15, -0.1) is 18.3 Å². The lowest BCUT2D eigenvalue weighted by atomic mass is 9.71. The van der Waals surface area contributed by atoms with Crippen LogP contribution in [0.1, 0.15) is 40.5 Å². The topological polar surface area (TPSA) is 90.4 Å². The van der Waals surface area contributed by atoms with Crippen LogP contribution in [0.25, 0.3) is 0 Å². The largest absolute Gasteiger partial charge is 0.461 e. The highest BCUT2D eigenvalue weighted by Crippen LogP contribution is 2.68. The standard InChI is InChI=1S/C32H44BrN3O5S/c1-7-16-35(22-14-12-21(13-15-22)34(10-4)11-5)30(39)28-32-18-23(33)27(42-32)25(31(40)41-17-8-2)26(32)29(38)36(28)24(19-37)20(6)9-3/h7-8,12-15,20,23-28,37H,1-2,9-11,16-19H2,3-6H3/t20-,23?,24-,25+,26-,27+,28?,32?/m0/s1. The molecule has 1 N–H and O–H groups in total. The SMILES string of the molecule is C=CCOC(=O)[C@H]1[C@@H]2SC3(CC2Br)C(C(=O)N(CC=C)c2ccc(N(CC)CC)cc2)N([C@@H](CO)[C@@H](C)CC)C(=O)[C@H]13. The molecule has 0 aliphatic carbocycles. The van der Waals surface area contributed by atoms with Crippen LogP contribution in [0.5, 0.6) is 0 Å². The third kappa shape index (κ3) is 5.43. The first-order valence-electron chi connectivity index (χ1n) is 14.9. The van der Waals surface area contributed by atoms with Crippen molar-refractivity contribution in [2.45, 2.75) is 67.4 Å². The van der Waals surface area contributed by atoms with Crippen LogP contribution >= 0.6 is 27.7 Å². The maximum atomic E-state index is 14.9. The van der Waals surface area contributed by atoms with Crippen LogP contribution in [-0.4, -0.2) is 87.5 Å². The maximum absolute atomic E-state index is 14.9. The van der Waals surface area contributed by atoms with Crippen molar-refractivity contribution in [3.8, 4) is 0 Å². The van der Waals surface area contributed by atoms with Gasteiger partial charge in [0, 0.05) is 41.1 Å². The van der Waals surface area contributed by atoms with Crippen LogP contribution in [0.2, 0.25) is 0 Å². The summed E-state index contributed by atoms with van der Waals surface area (Å²) >= 11 is 5.35. The molecule has 10 heteroatoms. The number of alkyl halides is 1. The third-order valence-electron chi connectivity index (χ3n) is 9.29. The predicted octanol–water partition coefficient (Wildman–Crippen LogP) is 4.65. The quantitative estimate of drug-likeness (QED) is 0.176. The molecule has 3 aliphatic rings. The highest BCUT2D eigenvalue weighted by Gasteiger charge is 2.76. The summed E-state index contributed by atoms with van der Waals surface area (Å²) in [6.45, 7) is 17.6. The van der Waals surface area contributed by atoms with Crippen LogP contribution in [-0.2, 0) is 19.1 Å². The van der Waals surface area contributed by atoms with Gasteiger partial charge in [0.15, 0.2) is 0 Å². The van der Waals surface area contributed by atoms with Gasteiger partial charge in [0.25, 0.3) is 5.91 Å². The Morgan fingerprint density at radius 3 is 2.38 bits per heavy atom. The fourth-order valence-corrected chi connectivity index (χ4v) is 10.6. The van der Waals surface area contributed by atoms with Crippen LogP contribution in [0.15, 0.2) is 49.6 Å². The Morgan fingerprint density at radius 2 is 1.83 bits per heavy atom. The normalized spacial score (nSPS) is 29.1. The van der Waals surface area contributed by atoms with Gasteiger partial charge in [-0.1, -0.05) is 54.9 Å². The van der Waals surface area contributed by atoms with Gasteiger partial charge in [0.05, 0.1) is 29.2 Å². The fraction of sp³-hybridized carbons (Fsp3) is 0.594. The van der Waals surface area contributed by atoms with E-state index >= 15 is 0 Å². The van der Waals surface area contributed by atoms with Gasteiger partial charge in [0.1, 0.15) is 12.6 Å². The molecule has 8 atom stereocenters. The van der Waals surface area contributed by atoms with Crippen molar-refractivity contribution in [2.75, 3.05) is 42.6 Å². The van der Waals surface area contributed by atoms with Crippen molar-refractivity contribution in [1.82, 2.24) is 4.90 Å². The molecule has 0 radical (unpaired) electrons.